The van der Waals surface area contributed by atoms with Crippen LogP contribution in [0.1, 0.15) is 27.0 Å². The molecule has 0 aliphatic heterocycles. The van der Waals surface area contributed by atoms with Gasteiger partial charge in [0.2, 0.25) is 0 Å². The second-order valence-electron chi connectivity index (χ2n) is 7.72. The largest absolute Gasteiger partial charge is 0.279 e. The Kier molecular flexibility index (Phi) is 5.91. The highest BCUT2D eigenvalue weighted by atomic mass is 32.1. The molecule has 0 saturated heterocycles. The molecule has 3 aromatic carbocycles. The van der Waals surface area contributed by atoms with Crippen molar-refractivity contribution in [2.24, 2.45) is 0 Å². The van der Waals surface area contributed by atoms with Gasteiger partial charge in [0.25, 0.3) is 5.91 Å². The molecule has 0 N–H and O–H groups in total. The quantitative estimate of drug-likeness (QED) is 0.304. The normalized spacial score (nSPS) is 10.9. The van der Waals surface area contributed by atoms with Crippen LogP contribution in [-0.2, 0) is 13.0 Å². The lowest BCUT2D eigenvalue weighted by Crippen LogP contribution is -2.30. The number of hydrogen-bond acceptors (Lipinski definition) is 4. The maximum Gasteiger partial charge on any atom is 0.260 e. The van der Waals surface area contributed by atoms with Gasteiger partial charge in [0, 0.05) is 18.0 Å². The third kappa shape index (κ3) is 4.81. The first kappa shape index (κ1) is 21.0. The maximum absolute atomic E-state index is 13.7. The van der Waals surface area contributed by atoms with Gasteiger partial charge in [0.15, 0.2) is 5.13 Å². The molecule has 0 unspecified atom stereocenters. The fourth-order valence-corrected chi connectivity index (χ4v) is 4.64. The van der Waals surface area contributed by atoms with E-state index in [9.17, 15) is 9.18 Å². The van der Waals surface area contributed by atoms with Crippen molar-refractivity contribution in [3.63, 3.8) is 0 Å². The van der Waals surface area contributed by atoms with E-state index in [1.807, 2.05) is 54.6 Å². The Balaban J connectivity index is 1.45. The molecule has 0 aliphatic carbocycles. The minimum Gasteiger partial charge on any atom is -0.279 e. The van der Waals surface area contributed by atoms with Gasteiger partial charge in [-0.15, -0.1) is 0 Å². The number of pyridine rings is 1. The smallest absolute Gasteiger partial charge is 0.260 e. The lowest BCUT2D eigenvalue weighted by Gasteiger charge is -2.20. The molecule has 0 fully saturated rings. The van der Waals surface area contributed by atoms with E-state index >= 15 is 0 Å². The second-order valence-corrected chi connectivity index (χ2v) is 8.73. The summed E-state index contributed by atoms with van der Waals surface area (Å²) in [4.78, 5) is 24.0. The zero-order valence-corrected chi connectivity index (χ0v) is 18.5. The Morgan fingerprint density at radius 3 is 2.39 bits per heavy atom. The lowest BCUT2D eigenvalue weighted by atomic mass is 10.0. The first-order chi connectivity index (χ1) is 16.2. The van der Waals surface area contributed by atoms with Crippen LogP contribution in [-0.4, -0.2) is 15.9 Å². The second kappa shape index (κ2) is 9.30. The van der Waals surface area contributed by atoms with Crippen molar-refractivity contribution in [3.05, 3.63) is 125 Å². The summed E-state index contributed by atoms with van der Waals surface area (Å²) in [5.74, 6) is -0.485. The van der Waals surface area contributed by atoms with E-state index in [1.165, 1.54) is 29.0 Å². The average molecular weight is 454 g/mol. The summed E-state index contributed by atoms with van der Waals surface area (Å²) in [5.41, 5.74) is 4.47. The Morgan fingerprint density at radius 1 is 0.879 bits per heavy atom. The Labute approximate surface area is 195 Å². The van der Waals surface area contributed by atoms with Crippen LogP contribution in [0.25, 0.3) is 10.2 Å². The molecule has 33 heavy (non-hydrogen) atoms. The summed E-state index contributed by atoms with van der Waals surface area (Å²) in [5, 5.41) is 0.526. The molecule has 0 radical (unpaired) electrons. The van der Waals surface area contributed by atoms with Gasteiger partial charge in [-0.05, 0) is 59.5 Å². The van der Waals surface area contributed by atoms with Crippen molar-refractivity contribution >= 4 is 32.6 Å². The van der Waals surface area contributed by atoms with E-state index in [4.69, 9.17) is 0 Å². The highest BCUT2D eigenvalue weighted by molar-refractivity contribution is 7.22. The van der Waals surface area contributed by atoms with Crippen LogP contribution in [0.4, 0.5) is 9.52 Å². The minimum absolute atomic E-state index is 0.162. The number of fused-ring (bicyclic) bond motifs is 1. The predicted molar refractivity (Wildman–Crippen MR) is 130 cm³/mol. The number of amides is 1. The van der Waals surface area contributed by atoms with Gasteiger partial charge in [0.1, 0.15) is 5.82 Å². The highest BCUT2D eigenvalue weighted by Crippen LogP contribution is 2.31. The van der Waals surface area contributed by atoms with Crippen LogP contribution in [0, 0.1) is 5.82 Å². The summed E-state index contributed by atoms with van der Waals surface area (Å²) in [6.07, 6.45) is 4.23. The van der Waals surface area contributed by atoms with Crippen molar-refractivity contribution in [2.45, 2.75) is 13.0 Å². The molecule has 0 saturated carbocycles. The van der Waals surface area contributed by atoms with Crippen molar-refractivity contribution in [2.75, 3.05) is 4.90 Å². The molecule has 2 aromatic heterocycles. The van der Waals surface area contributed by atoms with E-state index in [-0.39, 0.29) is 11.7 Å². The summed E-state index contributed by atoms with van der Waals surface area (Å²) >= 11 is 1.30. The monoisotopic (exact) mass is 453 g/mol. The zero-order valence-electron chi connectivity index (χ0n) is 17.7. The van der Waals surface area contributed by atoms with Crippen molar-refractivity contribution < 1.29 is 9.18 Å². The molecule has 0 bridgehead atoms. The van der Waals surface area contributed by atoms with Crippen LogP contribution < -0.4 is 4.90 Å². The maximum atomic E-state index is 13.7. The van der Waals surface area contributed by atoms with Gasteiger partial charge in [-0.25, -0.2) is 9.37 Å². The van der Waals surface area contributed by atoms with Gasteiger partial charge in [-0.1, -0.05) is 59.9 Å². The molecular formula is C27H20FN3OS. The van der Waals surface area contributed by atoms with Crippen LogP contribution in [0.15, 0.2) is 97.3 Å². The molecule has 2 heterocycles. The molecule has 1 amide bonds. The fourth-order valence-electron chi connectivity index (χ4n) is 3.65. The third-order valence-corrected chi connectivity index (χ3v) is 6.37. The number of anilines is 1. The van der Waals surface area contributed by atoms with Gasteiger partial charge >= 0.3 is 0 Å². The molecule has 162 valence electrons. The Hall–Kier alpha value is -3.90. The van der Waals surface area contributed by atoms with Crippen LogP contribution in [0.2, 0.25) is 0 Å². The predicted octanol–water partition coefficient (Wildman–Crippen LogP) is 6.27. The van der Waals surface area contributed by atoms with Crippen LogP contribution in [0.5, 0.6) is 0 Å². The third-order valence-electron chi connectivity index (χ3n) is 5.33. The van der Waals surface area contributed by atoms with Crippen LogP contribution in [0.3, 0.4) is 0 Å². The summed E-state index contributed by atoms with van der Waals surface area (Å²) < 4.78 is 14.4. The number of carbonyl (C=O) groups is 1. The highest BCUT2D eigenvalue weighted by Gasteiger charge is 2.22. The van der Waals surface area contributed by atoms with Gasteiger partial charge in [-0.3, -0.25) is 14.7 Å². The molecule has 6 heteroatoms. The topological polar surface area (TPSA) is 46.1 Å². The zero-order chi connectivity index (χ0) is 22.6. The standard InChI is InChI=1S/C27H20FN3OS/c28-23-12-13-24-25(16-23)33-27(30-24)31(18-21-7-4-14-29-17-21)26(32)22-10-8-20(9-11-22)15-19-5-2-1-3-6-19/h1-14,16-17H,15,18H2. The molecule has 0 atom stereocenters. The fraction of sp³-hybridized carbons (Fsp3) is 0.0741. The van der Waals surface area contributed by atoms with E-state index in [0.717, 1.165) is 17.5 Å². The average Bonchev–Trinajstić information content (AvgIpc) is 3.27. The number of nitrogens with zero attached hydrogens (tertiary/aromatic N) is 3. The molecular weight excluding hydrogens is 433 g/mol. The first-order valence-electron chi connectivity index (χ1n) is 10.6. The number of halogens is 1. The SMILES string of the molecule is O=C(c1ccc(Cc2ccccc2)cc1)N(Cc1cccnc1)c1nc2ccc(F)cc2s1. The van der Waals surface area contributed by atoms with E-state index in [2.05, 4.69) is 22.1 Å². The van der Waals surface area contributed by atoms with E-state index in [0.29, 0.717) is 27.5 Å². The van der Waals surface area contributed by atoms with Crippen molar-refractivity contribution in [3.8, 4) is 0 Å². The van der Waals surface area contributed by atoms with Gasteiger partial charge in [0.05, 0.1) is 16.8 Å². The number of aromatic nitrogens is 2. The number of rotatable bonds is 6. The molecule has 5 aromatic rings. The number of benzene rings is 3. The number of thiazole rings is 1. The van der Waals surface area contributed by atoms with Crippen molar-refractivity contribution in [1.29, 1.82) is 0 Å². The molecule has 0 aliphatic rings. The summed E-state index contributed by atoms with van der Waals surface area (Å²) in [6, 6.07) is 26.1. The van der Waals surface area contributed by atoms with Gasteiger partial charge < -0.3 is 0 Å². The molecule has 5 rings (SSSR count). The first-order valence-corrected chi connectivity index (χ1v) is 11.4. The van der Waals surface area contributed by atoms with Gasteiger partial charge in [-0.2, -0.15) is 0 Å². The van der Waals surface area contributed by atoms with Crippen molar-refractivity contribution in [1.82, 2.24) is 9.97 Å². The van der Waals surface area contributed by atoms with E-state index in [1.54, 1.807) is 23.4 Å². The Bertz CT molecular complexity index is 1390. The summed E-state index contributed by atoms with van der Waals surface area (Å²) in [7, 11) is 0. The lowest BCUT2D eigenvalue weighted by molar-refractivity contribution is 0.0985. The number of hydrogen-bond donors (Lipinski definition) is 0. The van der Waals surface area contributed by atoms with Crippen LogP contribution >= 0.6 is 11.3 Å². The van der Waals surface area contributed by atoms with E-state index < -0.39 is 0 Å². The minimum atomic E-state index is -0.322. The number of carbonyl (C=O) groups excluding carboxylic acids is 1. The molecule has 0 spiro atoms. The molecule has 4 nitrogen and oxygen atoms in total. The summed E-state index contributed by atoms with van der Waals surface area (Å²) in [6.45, 7) is 0.320. The Morgan fingerprint density at radius 2 is 1.64 bits per heavy atom.